The van der Waals surface area contributed by atoms with E-state index in [1.54, 1.807) is 6.07 Å². The van der Waals surface area contributed by atoms with E-state index in [-0.39, 0.29) is 0 Å². The largest absolute Gasteiger partial charge is 0.493 e. The molecule has 0 aliphatic rings. The number of carbonyl (C=O) groups excluding carboxylic acids is 1. The number of hydrogen-bond donors (Lipinski definition) is 1. The Morgan fingerprint density at radius 3 is 2.32 bits per heavy atom. The van der Waals surface area contributed by atoms with Crippen LogP contribution < -0.4 is 9.47 Å². The summed E-state index contributed by atoms with van der Waals surface area (Å²) in [6.07, 6.45) is -0.771. The van der Waals surface area contributed by atoms with Gasteiger partial charge in [-0.2, -0.15) is 0 Å². The van der Waals surface area contributed by atoms with Gasteiger partial charge in [0.25, 0.3) is 0 Å². The van der Waals surface area contributed by atoms with E-state index < -0.39 is 12.1 Å². The monoisotopic (exact) mass is 332 g/mol. The van der Waals surface area contributed by atoms with Gasteiger partial charge in [-0.15, -0.1) is 0 Å². The summed E-state index contributed by atoms with van der Waals surface area (Å²) in [7, 11) is 4.27. The van der Waals surface area contributed by atoms with Gasteiger partial charge in [0.05, 0.1) is 25.8 Å². The van der Waals surface area contributed by atoms with Gasteiger partial charge in [0.15, 0.2) is 17.6 Å². The van der Waals surface area contributed by atoms with Crippen LogP contribution in [-0.4, -0.2) is 32.4 Å². The van der Waals surface area contributed by atoms with Crippen molar-refractivity contribution < 1.29 is 24.1 Å². The van der Waals surface area contributed by atoms with Crippen molar-refractivity contribution in [1.82, 2.24) is 0 Å². The average molecular weight is 333 g/mol. The molecule has 0 radical (unpaired) electrons. The molecule has 0 saturated carbocycles. The van der Waals surface area contributed by atoms with Gasteiger partial charge in [0, 0.05) is 5.56 Å². The SMILES string of the molecule is CCc1c(C(O)C(=O)OC)cc(Br)c(OC)c1OC. The molecular formula is C13H17BrO5. The van der Waals surface area contributed by atoms with Crippen LogP contribution in [0.1, 0.15) is 24.2 Å². The normalized spacial score (nSPS) is 11.9. The predicted octanol–water partition coefficient (Wildman–Crippen LogP) is 2.24. The first-order chi connectivity index (χ1) is 9.01. The third-order valence-electron chi connectivity index (χ3n) is 2.81. The molecule has 6 heteroatoms. The maximum absolute atomic E-state index is 11.5. The zero-order valence-electron chi connectivity index (χ0n) is 11.3. The molecule has 106 valence electrons. The minimum Gasteiger partial charge on any atom is -0.493 e. The first-order valence-corrected chi connectivity index (χ1v) is 6.50. The Hall–Kier alpha value is -1.27. The van der Waals surface area contributed by atoms with Crippen LogP contribution in [0.3, 0.4) is 0 Å². The van der Waals surface area contributed by atoms with Gasteiger partial charge in [-0.1, -0.05) is 6.92 Å². The van der Waals surface area contributed by atoms with E-state index in [1.165, 1.54) is 21.3 Å². The number of halogens is 1. The van der Waals surface area contributed by atoms with Crippen LogP contribution in [0.25, 0.3) is 0 Å². The number of rotatable bonds is 5. The minimum absolute atomic E-state index is 0.443. The Balaban J connectivity index is 3.48. The third-order valence-corrected chi connectivity index (χ3v) is 3.40. The number of esters is 1. The van der Waals surface area contributed by atoms with Crippen molar-refractivity contribution in [3.63, 3.8) is 0 Å². The molecule has 0 saturated heterocycles. The topological polar surface area (TPSA) is 65.0 Å². The second kappa shape index (κ2) is 6.77. The number of carbonyl (C=O) groups is 1. The minimum atomic E-state index is -1.35. The Labute approximate surface area is 120 Å². The number of hydrogen-bond acceptors (Lipinski definition) is 5. The number of ether oxygens (including phenoxy) is 3. The fourth-order valence-electron chi connectivity index (χ4n) is 1.92. The summed E-state index contributed by atoms with van der Waals surface area (Å²) in [6.45, 7) is 1.90. The molecule has 1 unspecified atom stereocenters. The standard InChI is InChI=1S/C13H17BrO5/c1-5-7-8(10(15)13(16)19-4)6-9(14)12(18-3)11(7)17-2/h6,10,15H,5H2,1-4H3. The van der Waals surface area contributed by atoms with Gasteiger partial charge in [0.1, 0.15) is 0 Å². The summed E-state index contributed by atoms with van der Waals surface area (Å²) in [4.78, 5) is 11.5. The number of benzene rings is 1. The molecule has 1 aromatic rings. The van der Waals surface area contributed by atoms with Crippen molar-refractivity contribution in [2.24, 2.45) is 0 Å². The van der Waals surface area contributed by atoms with Crippen LogP contribution in [0.5, 0.6) is 11.5 Å². The fourth-order valence-corrected chi connectivity index (χ4v) is 2.51. The molecule has 5 nitrogen and oxygen atoms in total. The highest BCUT2D eigenvalue weighted by atomic mass is 79.9. The first kappa shape index (κ1) is 15.8. The summed E-state index contributed by atoms with van der Waals surface area (Å²) in [5, 5.41) is 10.0. The molecule has 1 aromatic carbocycles. The first-order valence-electron chi connectivity index (χ1n) is 5.70. The van der Waals surface area contributed by atoms with E-state index in [0.29, 0.717) is 33.5 Å². The predicted molar refractivity (Wildman–Crippen MR) is 73.6 cm³/mol. The van der Waals surface area contributed by atoms with Crippen LogP contribution in [-0.2, 0) is 16.0 Å². The molecule has 1 rings (SSSR count). The lowest BCUT2D eigenvalue weighted by Gasteiger charge is -2.19. The van der Waals surface area contributed by atoms with Gasteiger partial charge in [-0.3, -0.25) is 0 Å². The maximum atomic E-state index is 11.5. The molecule has 0 aromatic heterocycles. The number of aliphatic hydroxyl groups is 1. The lowest BCUT2D eigenvalue weighted by Crippen LogP contribution is -2.16. The summed E-state index contributed by atoms with van der Waals surface area (Å²) >= 11 is 3.33. The van der Waals surface area contributed by atoms with Gasteiger partial charge < -0.3 is 19.3 Å². The lowest BCUT2D eigenvalue weighted by atomic mass is 9.98. The maximum Gasteiger partial charge on any atom is 0.339 e. The molecule has 0 aliphatic heterocycles. The van der Waals surface area contributed by atoms with E-state index in [1.807, 2.05) is 6.92 Å². The van der Waals surface area contributed by atoms with Gasteiger partial charge >= 0.3 is 5.97 Å². The smallest absolute Gasteiger partial charge is 0.339 e. The van der Waals surface area contributed by atoms with E-state index in [2.05, 4.69) is 20.7 Å². The molecule has 0 aliphatic carbocycles. The van der Waals surface area contributed by atoms with Crippen LogP contribution in [0.2, 0.25) is 0 Å². The van der Waals surface area contributed by atoms with Crippen molar-refractivity contribution >= 4 is 21.9 Å². The molecular weight excluding hydrogens is 316 g/mol. The van der Waals surface area contributed by atoms with E-state index in [9.17, 15) is 9.90 Å². The summed E-state index contributed by atoms with van der Waals surface area (Å²) in [6, 6.07) is 1.64. The van der Waals surface area contributed by atoms with Crippen LogP contribution in [0, 0.1) is 0 Å². The van der Waals surface area contributed by atoms with Crippen LogP contribution in [0.4, 0.5) is 0 Å². The third kappa shape index (κ3) is 3.01. The Bertz CT molecular complexity index is 473. The summed E-state index contributed by atoms with van der Waals surface area (Å²) in [5.41, 5.74) is 1.15. The molecule has 1 N–H and O–H groups in total. The van der Waals surface area contributed by atoms with Crippen molar-refractivity contribution in [3.8, 4) is 11.5 Å². The van der Waals surface area contributed by atoms with Gasteiger partial charge in [-0.25, -0.2) is 4.79 Å². The molecule has 19 heavy (non-hydrogen) atoms. The molecule has 1 atom stereocenters. The van der Waals surface area contributed by atoms with Gasteiger partial charge in [-0.05, 0) is 34.0 Å². The molecule has 0 amide bonds. The number of methoxy groups -OCH3 is 3. The van der Waals surface area contributed by atoms with Crippen LogP contribution >= 0.6 is 15.9 Å². The number of aliphatic hydroxyl groups excluding tert-OH is 1. The molecule has 0 fully saturated rings. The van der Waals surface area contributed by atoms with Crippen LogP contribution in [0.15, 0.2) is 10.5 Å². The zero-order valence-corrected chi connectivity index (χ0v) is 12.9. The summed E-state index contributed by atoms with van der Waals surface area (Å²) < 4.78 is 15.7. The van der Waals surface area contributed by atoms with E-state index in [0.717, 1.165) is 0 Å². The molecule has 0 heterocycles. The zero-order chi connectivity index (χ0) is 14.6. The van der Waals surface area contributed by atoms with Crippen molar-refractivity contribution in [2.45, 2.75) is 19.4 Å². The highest BCUT2D eigenvalue weighted by molar-refractivity contribution is 9.10. The Kier molecular flexibility index (Phi) is 5.62. The van der Waals surface area contributed by atoms with Crippen molar-refractivity contribution in [2.75, 3.05) is 21.3 Å². The Morgan fingerprint density at radius 2 is 1.89 bits per heavy atom. The highest BCUT2D eigenvalue weighted by Crippen LogP contribution is 2.42. The lowest BCUT2D eigenvalue weighted by molar-refractivity contribution is -0.150. The summed E-state index contributed by atoms with van der Waals surface area (Å²) in [5.74, 6) is 0.311. The van der Waals surface area contributed by atoms with E-state index in [4.69, 9.17) is 9.47 Å². The van der Waals surface area contributed by atoms with E-state index >= 15 is 0 Å². The molecule has 0 bridgehead atoms. The fraction of sp³-hybridized carbons (Fsp3) is 0.462. The Morgan fingerprint density at radius 1 is 1.32 bits per heavy atom. The molecule has 0 spiro atoms. The van der Waals surface area contributed by atoms with Crippen molar-refractivity contribution in [3.05, 3.63) is 21.7 Å². The quantitative estimate of drug-likeness (QED) is 0.837. The second-order valence-electron chi connectivity index (χ2n) is 3.77. The second-order valence-corrected chi connectivity index (χ2v) is 4.63. The van der Waals surface area contributed by atoms with Crippen molar-refractivity contribution in [1.29, 1.82) is 0 Å². The van der Waals surface area contributed by atoms with Gasteiger partial charge in [0.2, 0.25) is 0 Å². The average Bonchev–Trinajstić information content (AvgIpc) is 2.43. The highest BCUT2D eigenvalue weighted by Gasteiger charge is 2.26.